The lowest BCUT2D eigenvalue weighted by molar-refractivity contribution is -0.168. The molecule has 0 bridgehead atoms. The molecular weight excluding hydrogens is 208 g/mol. The minimum absolute atomic E-state index is 0.158. The molecule has 80 valence electrons. The Kier molecular flexibility index (Phi) is 1.93. The highest BCUT2D eigenvalue weighted by atomic mass is 19.3. The second-order valence-electron chi connectivity index (χ2n) is 3.51. The number of benzene rings is 1. The van der Waals surface area contributed by atoms with Crippen molar-refractivity contribution in [2.45, 2.75) is 18.8 Å². The van der Waals surface area contributed by atoms with Crippen LogP contribution in [0.15, 0.2) is 35.9 Å². The predicted molar refractivity (Wildman–Crippen MR) is 48.9 cm³/mol. The summed E-state index contributed by atoms with van der Waals surface area (Å²) in [5, 5.41) is 0. The molecular formula is C11H8F4. The number of halogens is 4. The van der Waals surface area contributed by atoms with E-state index >= 15 is 0 Å². The first kappa shape index (κ1) is 10.2. The Hall–Kier alpha value is -1.32. The molecule has 0 N–H and O–H groups in total. The summed E-state index contributed by atoms with van der Waals surface area (Å²) in [6.45, 7) is 1.04. The summed E-state index contributed by atoms with van der Waals surface area (Å²) < 4.78 is 51.9. The Bertz CT molecular complexity index is 417. The maximum absolute atomic E-state index is 13.1. The van der Waals surface area contributed by atoms with Gasteiger partial charge in [-0.15, -0.1) is 0 Å². The maximum atomic E-state index is 13.1. The van der Waals surface area contributed by atoms with Crippen molar-refractivity contribution >= 4 is 5.57 Å². The Morgan fingerprint density at radius 2 is 1.40 bits per heavy atom. The van der Waals surface area contributed by atoms with Gasteiger partial charge in [0.15, 0.2) is 0 Å². The van der Waals surface area contributed by atoms with Crippen LogP contribution >= 0.6 is 0 Å². The maximum Gasteiger partial charge on any atom is 0.340 e. The van der Waals surface area contributed by atoms with Crippen LogP contribution in [-0.4, -0.2) is 11.8 Å². The number of hydrogen-bond donors (Lipinski definition) is 0. The molecule has 0 atom stereocenters. The lowest BCUT2D eigenvalue weighted by Crippen LogP contribution is -2.51. The third-order valence-corrected chi connectivity index (χ3v) is 2.62. The monoisotopic (exact) mass is 216 g/mol. The van der Waals surface area contributed by atoms with Crippen molar-refractivity contribution in [2.75, 3.05) is 0 Å². The minimum Gasteiger partial charge on any atom is -0.194 e. The molecule has 15 heavy (non-hydrogen) atoms. The Morgan fingerprint density at radius 1 is 0.867 bits per heavy atom. The lowest BCUT2D eigenvalue weighted by Gasteiger charge is -2.40. The van der Waals surface area contributed by atoms with Crippen molar-refractivity contribution in [1.29, 1.82) is 0 Å². The summed E-state index contributed by atoms with van der Waals surface area (Å²) in [7, 11) is 0. The van der Waals surface area contributed by atoms with Crippen molar-refractivity contribution in [3.8, 4) is 0 Å². The Balaban J connectivity index is 2.54. The van der Waals surface area contributed by atoms with Gasteiger partial charge in [0.25, 0.3) is 0 Å². The summed E-state index contributed by atoms with van der Waals surface area (Å²) in [6.07, 6.45) is 0. The summed E-state index contributed by atoms with van der Waals surface area (Å²) in [5.41, 5.74) is -0.933. The van der Waals surface area contributed by atoms with E-state index in [0.717, 1.165) is 6.92 Å². The zero-order valence-electron chi connectivity index (χ0n) is 7.90. The van der Waals surface area contributed by atoms with E-state index in [4.69, 9.17) is 0 Å². The number of allylic oxidation sites excluding steroid dienone is 2. The van der Waals surface area contributed by atoms with Crippen LogP contribution in [0.5, 0.6) is 0 Å². The number of alkyl halides is 4. The first-order chi connectivity index (χ1) is 6.89. The molecule has 1 aliphatic carbocycles. The van der Waals surface area contributed by atoms with E-state index in [2.05, 4.69) is 0 Å². The summed E-state index contributed by atoms with van der Waals surface area (Å²) >= 11 is 0. The van der Waals surface area contributed by atoms with Gasteiger partial charge in [0, 0.05) is 11.1 Å². The molecule has 0 heterocycles. The molecule has 0 nitrogen and oxygen atoms in total. The first-order valence-electron chi connectivity index (χ1n) is 4.42. The van der Waals surface area contributed by atoms with Crippen LogP contribution in [0.25, 0.3) is 5.57 Å². The van der Waals surface area contributed by atoms with Crippen LogP contribution < -0.4 is 0 Å². The van der Waals surface area contributed by atoms with Gasteiger partial charge in [-0.1, -0.05) is 30.3 Å². The highest BCUT2D eigenvalue weighted by Crippen LogP contribution is 2.58. The normalized spacial score (nSPS) is 22.5. The molecule has 0 aromatic heterocycles. The van der Waals surface area contributed by atoms with E-state index in [0.29, 0.717) is 0 Å². The van der Waals surface area contributed by atoms with Gasteiger partial charge in [0.05, 0.1) is 0 Å². The fraction of sp³-hybridized carbons (Fsp3) is 0.273. The fourth-order valence-electron chi connectivity index (χ4n) is 1.73. The van der Waals surface area contributed by atoms with Crippen molar-refractivity contribution in [1.82, 2.24) is 0 Å². The van der Waals surface area contributed by atoms with Crippen LogP contribution in [0.4, 0.5) is 17.6 Å². The van der Waals surface area contributed by atoms with Crippen LogP contribution in [0.3, 0.4) is 0 Å². The number of rotatable bonds is 1. The molecule has 4 heteroatoms. The second kappa shape index (κ2) is 2.84. The van der Waals surface area contributed by atoms with Gasteiger partial charge in [0.1, 0.15) is 0 Å². The first-order valence-corrected chi connectivity index (χ1v) is 4.42. The van der Waals surface area contributed by atoms with Crippen molar-refractivity contribution < 1.29 is 17.6 Å². The molecule has 0 unspecified atom stereocenters. The molecule has 0 amide bonds. The highest BCUT2D eigenvalue weighted by Gasteiger charge is 2.69. The summed E-state index contributed by atoms with van der Waals surface area (Å²) in [4.78, 5) is 0. The van der Waals surface area contributed by atoms with E-state index < -0.39 is 23.0 Å². The van der Waals surface area contributed by atoms with Crippen LogP contribution in [0.2, 0.25) is 0 Å². The van der Waals surface area contributed by atoms with Gasteiger partial charge < -0.3 is 0 Å². The van der Waals surface area contributed by atoms with Crippen molar-refractivity contribution in [3.63, 3.8) is 0 Å². The SMILES string of the molecule is CC1=C(c2ccccc2)C(F)(F)C1(F)F. The molecule has 1 aromatic carbocycles. The average Bonchev–Trinajstić information content (AvgIpc) is 2.19. The molecule has 0 aliphatic heterocycles. The summed E-state index contributed by atoms with van der Waals surface area (Å²) in [5.74, 6) is -8.05. The molecule has 1 aliphatic rings. The zero-order chi connectivity index (χ0) is 11.3. The fourth-order valence-corrected chi connectivity index (χ4v) is 1.73. The van der Waals surface area contributed by atoms with E-state index in [1.165, 1.54) is 12.1 Å². The van der Waals surface area contributed by atoms with Crippen LogP contribution in [0, 0.1) is 0 Å². The van der Waals surface area contributed by atoms with Gasteiger partial charge in [-0.3, -0.25) is 0 Å². The smallest absolute Gasteiger partial charge is 0.194 e. The zero-order valence-corrected chi connectivity index (χ0v) is 7.90. The lowest BCUT2D eigenvalue weighted by atomic mass is 9.77. The van der Waals surface area contributed by atoms with Gasteiger partial charge in [-0.05, 0) is 12.5 Å². The Morgan fingerprint density at radius 3 is 1.87 bits per heavy atom. The topological polar surface area (TPSA) is 0 Å². The van der Waals surface area contributed by atoms with Gasteiger partial charge in [0.2, 0.25) is 0 Å². The highest BCUT2D eigenvalue weighted by molar-refractivity contribution is 5.82. The van der Waals surface area contributed by atoms with E-state index in [-0.39, 0.29) is 5.56 Å². The quantitative estimate of drug-likeness (QED) is 0.627. The Labute approximate surface area is 84.2 Å². The third-order valence-electron chi connectivity index (χ3n) is 2.62. The standard InChI is InChI=1S/C11H8F4/c1-7-9(8-5-3-2-4-6-8)11(14,15)10(7,12)13/h2-6H,1H3. The molecule has 0 fully saturated rings. The van der Waals surface area contributed by atoms with Gasteiger partial charge >= 0.3 is 11.8 Å². The van der Waals surface area contributed by atoms with Crippen LogP contribution in [0.1, 0.15) is 12.5 Å². The molecule has 0 saturated carbocycles. The third kappa shape index (κ3) is 1.14. The minimum atomic E-state index is -4.04. The van der Waals surface area contributed by atoms with Gasteiger partial charge in [-0.2, -0.15) is 17.6 Å². The number of hydrogen-bond acceptors (Lipinski definition) is 0. The van der Waals surface area contributed by atoms with Gasteiger partial charge in [-0.25, -0.2) is 0 Å². The second-order valence-corrected chi connectivity index (χ2v) is 3.51. The van der Waals surface area contributed by atoms with Crippen LogP contribution in [-0.2, 0) is 0 Å². The van der Waals surface area contributed by atoms with E-state index in [1.54, 1.807) is 18.2 Å². The summed E-state index contributed by atoms with van der Waals surface area (Å²) in [6, 6.07) is 7.54. The average molecular weight is 216 g/mol. The molecule has 1 aromatic rings. The van der Waals surface area contributed by atoms with E-state index in [1.807, 2.05) is 0 Å². The largest absolute Gasteiger partial charge is 0.340 e. The molecule has 0 saturated heterocycles. The van der Waals surface area contributed by atoms with E-state index in [9.17, 15) is 17.6 Å². The van der Waals surface area contributed by atoms with Crippen molar-refractivity contribution in [3.05, 3.63) is 41.5 Å². The molecule has 0 radical (unpaired) electrons. The van der Waals surface area contributed by atoms with Crippen molar-refractivity contribution in [2.24, 2.45) is 0 Å². The molecule has 2 rings (SSSR count). The molecule has 0 spiro atoms. The predicted octanol–water partition coefficient (Wildman–Crippen LogP) is 3.74.